The number of methoxy groups -OCH3 is 1. The van der Waals surface area contributed by atoms with E-state index in [1.807, 2.05) is 6.92 Å². The molecule has 0 radical (unpaired) electrons. The number of hydrogen-bond acceptors (Lipinski definition) is 6. The lowest BCUT2D eigenvalue weighted by molar-refractivity contribution is -0.140. The number of ether oxygens (including phenoxy) is 1. The van der Waals surface area contributed by atoms with E-state index in [-0.39, 0.29) is 24.5 Å². The normalized spacial score (nSPS) is 20.6. The Morgan fingerprint density at radius 2 is 1.93 bits per heavy atom. The molecule has 0 aliphatic carbocycles. The van der Waals surface area contributed by atoms with Crippen LogP contribution in [-0.4, -0.2) is 54.4 Å². The van der Waals surface area contributed by atoms with Crippen LogP contribution < -0.4 is 4.90 Å². The number of hydrogen-bond donors (Lipinski definition) is 1. The molecule has 156 valence electrons. The standard InChI is InChI=1S/C22H22N2O6/c1-4-23-15-8-6-5-7-14(15)22(21(23)28)17(18(25)16-10-9-13(2)30-16)19(26)20(27)24(22)11-12-29-3/h5-10,26H,4,11-12H2,1-3H3. The van der Waals surface area contributed by atoms with Gasteiger partial charge in [-0.1, -0.05) is 18.2 Å². The number of carbonyl (C=O) groups is 3. The summed E-state index contributed by atoms with van der Waals surface area (Å²) in [6, 6.07) is 10.1. The lowest BCUT2D eigenvalue weighted by Gasteiger charge is -2.35. The Morgan fingerprint density at radius 3 is 2.57 bits per heavy atom. The highest BCUT2D eigenvalue weighted by Gasteiger charge is 2.65. The zero-order chi connectivity index (χ0) is 21.6. The van der Waals surface area contributed by atoms with Crippen LogP contribution in [0.5, 0.6) is 0 Å². The van der Waals surface area contributed by atoms with Gasteiger partial charge < -0.3 is 24.1 Å². The number of carbonyl (C=O) groups excluding carboxylic acids is 3. The monoisotopic (exact) mass is 410 g/mol. The van der Waals surface area contributed by atoms with Crippen molar-refractivity contribution in [3.05, 3.63) is 64.8 Å². The second-order valence-electron chi connectivity index (χ2n) is 7.19. The first-order valence-electron chi connectivity index (χ1n) is 9.66. The van der Waals surface area contributed by atoms with Crippen LogP contribution >= 0.6 is 0 Å². The van der Waals surface area contributed by atoms with Gasteiger partial charge in [0.25, 0.3) is 11.8 Å². The second kappa shape index (κ2) is 7.14. The number of aliphatic hydroxyl groups is 1. The van der Waals surface area contributed by atoms with Crippen molar-refractivity contribution in [1.82, 2.24) is 4.90 Å². The fourth-order valence-corrected chi connectivity index (χ4v) is 4.35. The molecule has 3 heterocycles. The predicted octanol–water partition coefficient (Wildman–Crippen LogP) is 2.33. The molecule has 8 heteroatoms. The van der Waals surface area contributed by atoms with Gasteiger partial charge in [0.15, 0.2) is 17.1 Å². The van der Waals surface area contributed by atoms with E-state index >= 15 is 0 Å². The summed E-state index contributed by atoms with van der Waals surface area (Å²) in [4.78, 5) is 43.1. The minimum atomic E-state index is -1.77. The van der Waals surface area contributed by atoms with Gasteiger partial charge in [-0.3, -0.25) is 14.4 Å². The van der Waals surface area contributed by atoms with Crippen molar-refractivity contribution in [2.24, 2.45) is 0 Å². The molecular weight excluding hydrogens is 388 g/mol. The molecule has 1 N–H and O–H groups in total. The zero-order valence-corrected chi connectivity index (χ0v) is 17.0. The van der Waals surface area contributed by atoms with E-state index < -0.39 is 28.9 Å². The minimum Gasteiger partial charge on any atom is -0.503 e. The largest absolute Gasteiger partial charge is 0.503 e. The number of Topliss-reactive ketones (excluding diaryl/α,β-unsaturated/α-hetero) is 1. The van der Waals surface area contributed by atoms with Crippen LogP contribution in [0, 0.1) is 6.92 Å². The first kappa shape index (κ1) is 19.9. The van der Waals surface area contributed by atoms with E-state index in [0.717, 1.165) is 0 Å². The summed E-state index contributed by atoms with van der Waals surface area (Å²) < 4.78 is 10.6. The molecule has 1 aromatic heterocycles. The number of nitrogens with zero attached hydrogens (tertiary/aromatic N) is 2. The number of para-hydroxylation sites is 1. The maximum absolute atomic E-state index is 13.8. The van der Waals surface area contributed by atoms with Crippen molar-refractivity contribution in [1.29, 1.82) is 0 Å². The summed E-state index contributed by atoms with van der Waals surface area (Å²) in [5.74, 6) is -2.25. The molecule has 4 rings (SSSR count). The molecule has 8 nitrogen and oxygen atoms in total. The third-order valence-corrected chi connectivity index (χ3v) is 5.62. The summed E-state index contributed by atoms with van der Waals surface area (Å²) >= 11 is 0. The molecule has 1 aromatic carbocycles. The average molecular weight is 410 g/mol. The number of anilines is 1. The summed E-state index contributed by atoms with van der Waals surface area (Å²) in [5.41, 5.74) is -0.997. The summed E-state index contributed by atoms with van der Waals surface area (Å²) in [5, 5.41) is 10.8. The van der Waals surface area contributed by atoms with Crippen LogP contribution in [0.3, 0.4) is 0 Å². The number of benzene rings is 1. The Hall–Kier alpha value is -3.39. The zero-order valence-electron chi connectivity index (χ0n) is 17.0. The maximum atomic E-state index is 13.8. The lowest BCUT2D eigenvalue weighted by Crippen LogP contribution is -2.54. The van der Waals surface area contributed by atoms with Crippen LogP contribution in [-0.2, 0) is 19.9 Å². The van der Waals surface area contributed by atoms with Crippen molar-refractivity contribution in [2.45, 2.75) is 19.4 Å². The smallest absolute Gasteiger partial charge is 0.290 e. The molecule has 0 bridgehead atoms. The molecule has 30 heavy (non-hydrogen) atoms. The highest BCUT2D eigenvalue weighted by molar-refractivity contribution is 6.25. The van der Waals surface area contributed by atoms with E-state index in [0.29, 0.717) is 23.6 Å². The first-order valence-corrected chi connectivity index (χ1v) is 9.66. The Labute approximate surface area is 173 Å². The van der Waals surface area contributed by atoms with E-state index in [1.54, 1.807) is 37.3 Å². The molecule has 0 fully saturated rings. The Balaban J connectivity index is 2.00. The quantitative estimate of drug-likeness (QED) is 0.734. The van der Waals surface area contributed by atoms with Crippen molar-refractivity contribution in [2.75, 3.05) is 31.7 Å². The number of amides is 2. The van der Waals surface area contributed by atoms with Gasteiger partial charge in [-0.2, -0.15) is 0 Å². The number of likely N-dealkylation sites (N-methyl/N-ethyl adjacent to an activating group) is 1. The van der Waals surface area contributed by atoms with Crippen LogP contribution in [0.4, 0.5) is 5.69 Å². The molecule has 2 amide bonds. The van der Waals surface area contributed by atoms with Crippen molar-refractivity contribution in [3.63, 3.8) is 0 Å². The van der Waals surface area contributed by atoms with Gasteiger partial charge in [0.1, 0.15) is 5.76 Å². The molecule has 1 spiro atoms. The Morgan fingerprint density at radius 1 is 1.20 bits per heavy atom. The first-order chi connectivity index (χ1) is 14.4. The van der Waals surface area contributed by atoms with Gasteiger partial charge in [0.05, 0.1) is 17.9 Å². The molecule has 0 saturated heterocycles. The molecule has 0 saturated carbocycles. The van der Waals surface area contributed by atoms with Crippen LogP contribution in [0.2, 0.25) is 0 Å². The highest BCUT2D eigenvalue weighted by Crippen LogP contribution is 2.53. The number of aliphatic hydroxyl groups excluding tert-OH is 1. The summed E-state index contributed by atoms with van der Waals surface area (Å²) in [7, 11) is 1.47. The van der Waals surface area contributed by atoms with Crippen molar-refractivity contribution in [3.8, 4) is 0 Å². The van der Waals surface area contributed by atoms with E-state index in [2.05, 4.69) is 0 Å². The number of ketones is 1. The van der Waals surface area contributed by atoms with Crippen LogP contribution in [0.25, 0.3) is 0 Å². The van der Waals surface area contributed by atoms with Gasteiger partial charge >= 0.3 is 0 Å². The Bertz CT molecular complexity index is 1080. The average Bonchev–Trinajstić information content (AvgIpc) is 3.34. The fraction of sp³-hybridized carbons (Fsp3) is 0.318. The summed E-state index contributed by atoms with van der Waals surface area (Å²) in [6.45, 7) is 3.98. The summed E-state index contributed by atoms with van der Waals surface area (Å²) in [6.07, 6.45) is 0. The molecular formula is C22H22N2O6. The predicted molar refractivity (Wildman–Crippen MR) is 107 cm³/mol. The number of aryl methyl sites for hydroxylation is 1. The Kier molecular flexibility index (Phi) is 4.74. The minimum absolute atomic E-state index is 0.0188. The van der Waals surface area contributed by atoms with Gasteiger partial charge in [-0.15, -0.1) is 0 Å². The number of furan rings is 1. The van der Waals surface area contributed by atoms with E-state index in [1.165, 1.54) is 23.0 Å². The third-order valence-electron chi connectivity index (χ3n) is 5.62. The van der Waals surface area contributed by atoms with Gasteiger partial charge in [-0.05, 0) is 32.0 Å². The molecule has 2 aliphatic heterocycles. The number of fused-ring (bicyclic) bond motifs is 2. The van der Waals surface area contributed by atoms with E-state index in [9.17, 15) is 19.5 Å². The van der Waals surface area contributed by atoms with E-state index in [4.69, 9.17) is 9.15 Å². The molecule has 1 atom stereocenters. The van der Waals surface area contributed by atoms with Crippen molar-refractivity contribution < 1.29 is 28.6 Å². The third kappa shape index (κ3) is 2.46. The SMILES string of the molecule is CCN1C(=O)C2(C(C(=O)c3ccc(C)o3)=C(O)C(=O)N2CCOC)c2ccccc21. The van der Waals surface area contributed by atoms with Gasteiger partial charge in [0.2, 0.25) is 5.78 Å². The molecule has 2 aromatic rings. The second-order valence-corrected chi connectivity index (χ2v) is 7.19. The van der Waals surface area contributed by atoms with Crippen molar-refractivity contribution >= 4 is 23.3 Å². The lowest BCUT2D eigenvalue weighted by atomic mass is 9.81. The van der Waals surface area contributed by atoms with Gasteiger partial charge in [0, 0.05) is 25.8 Å². The molecule has 2 aliphatic rings. The molecule has 1 unspecified atom stereocenters. The van der Waals surface area contributed by atoms with Crippen LogP contribution in [0.1, 0.15) is 28.8 Å². The van der Waals surface area contributed by atoms with Crippen LogP contribution in [0.15, 0.2) is 52.1 Å². The maximum Gasteiger partial charge on any atom is 0.290 e. The van der Waals surface area contributed by atoms with Gasteiger partial charge in [-0.25, -0.2) is 0 Å². The highest BCUT2D eigenvalue weighted by atomic mass is 16.5. The number of rotatable bonds is 6. The fourth-order valence-electron chi connectivity index (χ4n) is 4.35. The topological polar surface area (TPSA) is 100 Å².